The lowest BCUT2D eigenvalue weighted by Crippen LogP contribution is -2.44. The molecule has 0 bridgehead atoms. The van der Waals surface area contributed by atoms with Crippen molar-refractivity contribution in [3.8, 4) is 0 Å². The first kappa shape index (κ1) is 22.6. The van der Waals surface area contributed by atoms with E-state index in [-0.39, 0.29) is 22.6 Å². The lowest BCUT2D eigenvalue weighted by Gasteiger charge is -2.43. The Morgan fingerprint density at radius 1 is 1.08 bits per heavy atom. The molecule has 1 unspecified atom stereocenters. The van der Waals surface area contributed by atoms with E-state index in [1.807, 2.05) is 13.0 Å². The van der Waals surface area contributed by atoms with E-state index in [2.05, 4.69) is 46.9 Å². The minimum absolute atomic E-state index is 0.0440. The van der Waals surface area contributed by atoms with Gasteiger partial charge in [-0.25, -0.2) is 4.39 Å². The van der Waals surface area contributed by atoms with Gasteiger partial charge in [0.05, 0.1) is 12.0 Å². The summed E-state index contributed by atoms with van der Waals surface area (Å²) in [5, 5.41) is 3.19. The molecule has 0 saturated heterocycles. The molecular formula is C22H36FNO2. The van der Waals surface area contributed by atoms with Crippen molar-refractivity contribution in [3.63, 3.8) is 0 Å². The molecule has 0 aliphatic rings. The average molecular weight is 366 g/mol. The molecule has 0 aliphatic carbocycles. The Morgan fingerprint density at radius 2 is 1.69 bits per heavy atom. The minimum Gasteiger partial charge on any atom is -0.465 e. The van der Waals surface area contributed by atoms with Crippen LogP contribution >= 0.6 is 0 Å². The van der Waals surface area contributed by atoms with Gasteiger partial charge in [-0.3, -0.25) is 4.79 Å². The first-order chi connectivity index (χ1) is 11.9. The van der Waals surface area contributed by atoms with Crippen LogP contribution in [-0.4, -0.2) is 19.1 Å². The first-order valence-corrected chi connectivity index (χ1v) is 9.48. The summed E-state index contributed by atoms with van der Waals surface area (Å²) in [5.41, 5.74) is -0.0238. The number of carbonyl (C=O) groups is 1. The highest BCUT2D eigenvalue weighted by atomic mass is 19.1. The van der Waals surface area contributed by atoms with Crippen LogP contribution in [0.5, 0.6) is 0 Å². The van der Waals surface area contributed by atoms with E-state index < -0.39 is 5.41 Å². The summed E-state index contributed by atoms with van der Waals surface area (Å²) in [6.07, 6.45) is 1.48. The highest BCUT2D eigenvalue weighted by molar-refractivity contribution is 5.77. The maximum atomic E-state index is 13.5. The van der Waals surface area contributed by atoms with Crippen LogP contribution in [0.4, 0.5) is 4.39 Å². The van der Waals surface area contributed by atoms with E-state index in [0.717, 1.165) is 6.42 Å². The second kappa shape index (κ2) is 8.98. The van der Waals surface area contributed by atoms with Crippen LogP contribution in [0.1, 0.15) is 66.9 Å². The van der Waals surface area contributed by atoms with E-state index in [1.54, 1.807) is 12.1 Å². The molecule has 1 aromatic rings. The van der Waals surface area contributed by atoms with Crippen molar-refractivity contribution in [1.29, 1.82) is 0 Å². The number of rotatable bonds is 8. The third-order valence-electron chi connectivity index (χ3n) is 4.99. The minimum atomic E-state index is -0.536. The first-order valence-electron chi connectivity index (χ1n) is 9.48. The van der Waals surface area contributed by atoms with Crippen LogP contribution in [0, 0.1) is 22.1 Å². The maximum Gasteiger partial charge on any atom is 0.312 e. The van der Waals surface area contributed by atoms with Gasteiger partial charge in [-0.1, -0.05) is 59.7 Å². The van der Waals surface area contributed by atoms with Gasteiger partial charge in [0.25, 0.3) is 0 Å². The van der Waals surface area contributed by atoms with E-state index in [0.29, 0.717) is 31.7 Å². The predicted molar refractivity (Wildman–Crippen MR) is 105 cm³/mol. The third-order valence-corrected chi connectivity index (χ3v) is 4.99. The zero-order valence-corrected chi connectivity index (χ0v) is 17.5. The van der Waals surface area contributed by atoms with Crippen LogP contribution in [0.2, 0.25) is 0 Å². The second-order valence-corrected chi connectivity index (χ2v) is 9.58. The SMILES string of the molecule is CC(C)(C)CC(C)(C(=O)OCCCNCc1ccccc1F)C(C)(C)C. The Hall–Kier alpha value is -1.42. The maximum absolute atomic E-state index is 13.5. The number of hydrogen-bond donors (Lipinski definition) is 1. The summed E-state index contributed by atoms with van der Waals surface area (Å²) in [5.74, 6) is -0.330. The molecule has 0 radical (unpaired) electrons. The van der Waals surface area contributed by atoms with Gasteiger partial charge in [0.15, 0.2) is 0 Å². The fraction of sp³-hybridized carbons (Fsp3) is 0.682. The normalized spacial score (nSPS) is 14.8. The summed E-state index contributed by atoms with van der Waals surface area (Å²) < 4.78 is 19.1. The summed E-state index contributed by atoms with van der Waals surface area (Å²) in [7, 11) is 0. The highest BCUT2D eigenvalue weighted by Gasteiger charge is 2.47. The molecule has 1 atom stereocenters. The Kier molecular flexibility index (Phi) is 7.82. The number of carbonyl (C=O) groups excluding carboxylic acids is 1. The lowest BCUT2D eigenvalue weighted by atomic mass is 9.61. The van der Waals surface area contributed by atoms with Crippen molar-refractivity contribution in [1.82, 2.24) is 5.32 Å². The highest BCUT2D eigenvalue weighted by Crippen LogP contribution is 2.47. The van der Waals surface area contributed by atoms with E-state index in [9.17, 15) is 9.18 Å². The van der Waals surface area contributed by atoms with E-state index >= 15 is 0 Å². The Morgan fingerprint density at radius 3 is 2.23 bits per heavy atom. The molecule has 0 aliphatic heterocycles. The number of nitrogens with one attached hydrogen (secondary N) is 1. The van der Waals surface area contributed by atoms with Gasteiger partial charge in [-0.2, -0.15) is 0 Å². The molecule has 1 rings (SSSR count). The van der Waals surface area contributed by atoms with Gasteiger partial charge in [0, 0.05) is 12.1 Å². The smallest absolute Gasteiger partial charge is 0.312 e. The fourth-order valence-corrected chi connectivity index (χ4v) is 3.09. The molecule has 4 heteroatoms. The summed E-state index contributed by atoms with van der Waals surface area (Å²) in [6.45, 7) is 16.3. The molecule has 26 heavy (non-hydrogen) atoms. The largest absolute Gasteiger partial charge is 0.465 e. The quantitative estimate of drug-likeness (QED) is 0.499. The van der Waals surface area contributed by atoms with Crippen molar-refractivity contribution in [2.24, 2.45) is 16.2 Å². The van der Waals surface area contributed by atoms with Crippen LogP contribution in [0.25, 0.3) is 0 Å². The molecule has 1 N–H and O–H groups in total. The van der Waals surface area contributed by atoms with Crippen LogP contribution in [0.3, 0.4) is 0 Å². The van der Waals surface area contributed by atoms with Crippen molar-refractivity contribution in [2.45, 2.75) is 67.9 Å². The topological polar surface area (TPSA) is 38.3 Å². The summed E-state index contributed by atoms with van der Waals surface area (Å²) >= 11 is 0. The van der Waals surface area contributed by atoms with Crippen molar-refractivity contribution >= 4 is 5.97 Å². The van der Waals surface area contributed by atoms with Gasteiger partial charge in [-0.15, -0.1) is 0 Å². The number of halogens is 1. The number of benzene rings is 1. The van der Waals surface area contributed by atoms with E-state index in [1.165, 1.54) is 6.07 Å². The van der Waals surface area contributed by atoms with Gasteiger partial charge in [0.2, 0.25) is 0 Å². The Balaban J connectivity index is 2.45. The monoisotopic (exact) mass is 365 g/mol. The Labute approximate surface area is 158 Å². The molecule has 3 nitrogen and oxygen atoms in total. The molecule has 1 aromatic carbocycles. The third kappa shape index (κ3) is 6.71. The zero-order chi connectivity index (χ0) is 20.0. The van der Waals surface area contributed by atoms with Gasteiger partial charge in [-0.05, 0) is 43.2 Å². The standard InChI is InChI=1S/C22H36FNO2/c1-20(2,3)16-22(7,21(4,5)6)19(25)26-14-10-13-24-15-17-11-8-9-12-18(17)23/h8-9,11-12,24H,10,13-16H2,1-7H3. The zero-order valence-electron chi connectivity index (χ0n) is 17.5. The molecule has 0 aromatic heterocycles. The molecule has 0 spiro atoms. The average Bonchev–Trinajstić information content (AvgIpc) is 2.49. The lowest BCUT2D eigenvalue weighted by molar-refractivity contribution is -0.164. The summed E-state index contributed by atoms with van der Waals surface area (Å²) in [6, 6.07) is 6.73. The summed E-state index contributed by atoms with van der Waals surface area (Å²) in [4.78, 5) is 12.8. The van der Waals surface area contributed by atoms with Crippen molar-refractivity contribution < 1.29 is 13.9 Å². The molecule has 0 fully saturated rings. The van der Waals surface area contributed by atoms with Crippen molar-refractivity contribution in [3.05, 3.63) is 35.6 Å². The van der Waals surface area contributed by atoms with Gasteiger partial charge in [0.1, 0.15) is 5.82 Å². The number of hydrogen-bond acceptors (Lipinski definition) is 3. The van der Waals surface area contributed by atoms with Gasteiger partial charge >= 0.3 is 5.97 Å². The molecule has 0 saturated carbocycles. The Bertz CT molecular complexity index is 587. The van der Waals surface area contributed by atoms with Crippen LogP contribution in [0.15, 0.2) is 24.3 Å². The van der Waals surface area contributed by atoms with Crippen molar-refractivity contribution in [2.75, 3.05) is 13.2 Å². The molecule has 148 valence electrons. The predicted octanol–water partition coefficient (Wildman–Crippen LogP) is 5.34. The number of esters is 1. The van der Waals surface area contributed by atoms with Gasteiger partial charge < -0.3 is 10.1 Å². The fourth-order valence-electron chi connectivity index (χ4n) is 3.09. The number of ether oxygens (including phenoxy) is 1. The molecular weight excluding hydrogens is 329 g/mol. The molecule has 0 amide bonds. The van der Waals surface area contributed by atoms with E-state index in [4.69, 9.17) is 4.74 Å². The van der Waals surface area contributed by atoms with Crippen LogP contribution < -0.4 is 5.32 Å². The molecule has 0 heterocycles. The second-order valence-electron chi connectivity index (χ2n) is 9.58. The van der Waals surface area contributed by atoms with Crippen LogP contribution in [-0.2, 0) is 16.1 Å².